The second-order valence-electron chi connectivity index (χ2n) is 5.10. The van der Waals surface area contributed by atoms with E-state index in [1.165, 1.54) is 0 Å². The molecule has 0 aliphatic heterocycles. The van der Waals surface area contributed by atoms with Crippen molar-refractivity contribution in [1.29, 1.82) is 0 Å². The van der Waals surface area contributed by atoms with Crippen LogP contribution in [0.25, 0.3) is 0 Å². The van der Waals surface area contributed by atoms with Gasteiger partial charge in [-0.05, 0) is 27.2 Å². The van der Waals surface area contributed by atoms with Crippen LogP contribution in [0.4, 0.5) is 0 Å². The summed E-state index contributed by atoms with van der Waals surface area (Å²) < 4.78 is 5.89. The lowest BCUT2D eigenvalue weighted by molar-refractivity contribution is -0.0520. The smallest absolute Gasteiger partial charge is 0.126 e. The van der Waals surface area contributed by atoms with E-state index in [-0.39, 0.29) is 11.7 Å². The SMILES string of the molecule is CC(C)(C)OC1C(=C=O)C2C=CC1C2. The summed E-state index contributed by atoms with van der Waals surface area (Å²) in [5, 5.41) is 0. The third-order valence-corrected chi connectivity index (χ3v) is 2.81. The molecule has 0 aromatic carbocycles. The normalized spacial score (nSPS) is 35.1. The van der Waals surface area contributed by atoms with Crippen LogP contribution in [-0.2, 0) is 9.53 Å². The highest BCUT2D eigenvalue weighted by atomic mass is 16.5. The number of allylic oxidation sites excluding steroid dienone is 1. The van der Waals surface area contributed by atoms with E-state index in [4.69, 9.17) is 4.74 Å². The molecule has 3 atom stereocenters. The van der Waals surface area contributed by atoms with Crippen LogP contribution in [0.3, 0.4) is 0 Å². The Hall–Kier alpha value is -0.850. The van der Waals surface area contributed by atoms with Gasteiger partial charge >= 0.3 is 0 Å². The van der Waals surface area contributed by atoms with E-state index in [0.717, 1.165) is 12.0 Å². The lowest BCUT2D eigenvalue weighted by atomic mass is 9.98. The number of rotatable bonds is 1. The molecule has 2 heteroatoms. The molecule has 0 saturated heterocycles. The van der Waals surface area contributed by atoms with E-state index in [0.29, 0.717) is 11.8 Å². The van der Waals surface area contributed by atoms with Crippen molar-refractivity contribution in [3.63, 3.8) is 0 Å². The largest absolute Gasteiger partial charge is 0.367 e. The Kier molecular flexibility index (Phi) is 2.13. The molecule has 0 amide bonds. The van der Waals surface area contributed by atoms with Crippen molar-refractivity contribution in [2.75, 3.05) is 0 Å². The lowest BCUT2D eigenvalue weighted by Gasteiger charge is -2.28. The molecule has 0 heterocycles. The van der Waals surface area contributed by atoms with Gasteiger partial charge < -0.3 is 4.74 Å². The third kappa shape index (κ3) is 1.56. The summed E-state index contributed by atoms with van der Waals surface area (Å²) in [6, 6.07) is 0. The Morgan fingerprint density at radius 2 is 2.14 bits per heavy atom. The van der Waals surface area contributed by atoms with Crippen molar-refractivity contribution < 1.29 is 9.53 Å². The molecule has 1 saturated carbocycles. The molecule has 2 bridgehead atoms. The fourth-order valence-corrected chi connectivity index (χ4v) is 2.29. The van der Waals surface area contributed by atoms with Gasteiger partial charge in [-0.1, -0.05) is 12.2 Å². The first kappa shape index (κ1) is 9.70. The van der Waals surface area contributed by atoms with Gasteiger partial charge in [0.1, 0.15) is 5.94 Å². The van der Waals surface area contributed by atoms with Crippen LogP contribution in [0.2, 0.25) is 0 Å². The van der Waals surface area contributed by atoms with Gasteiger partial charge in [-0.25, -0.2) is 4.79 Å². The zero-order chi connectivity index (χ0) is 10.3. The van der Waals surface area contributed by atoms with Crippen LogP contribution >= 0.6 is 0 Å². The zero-order valence-electron chi connectivity index (χ0n) is 8.91. The maximum absolute atomic E-state index is 10.8. The topological polar surface area (TPSA) is 26.3 Å². The summed E-state index contributed by atoms with van der Waals surface area (Å²) in [5.41, 5.74) is 0.623. The van der Waals surface area contributed by atoms with Crippen LogP contribution in [0.5, 0.6) is 0 Å². The Morgan fingerprint density at radius 1 is 1.43 bits per heavy atom. The highest BCUT2D eigenvalue weighted by Gasteiger charge is 2.43. The Balaban J connectivity index is 2.20. The van der Waals surface area contributed by atoms with Crippen LogP contribution < -0.4 is 0 Å². The molecular weight excluding hydrogens is 176 g/mol. The van der Waals surface area contributed by atoms with Gasteiger partial charge in [-0.15, -0.1) is 0 Å². The summed E-state index contributed by atoms with van der Waals surface area (Å²) in [4.78, 5) is 10.8. The fraction of sp³-hybridized carbons (Fsp3) is 0.667. The third-order valence-electron chi connectivity index (χ3n) is 2.81. The van der Waals surface area contributed by atoms with E-state index in [9.17, 15) is 4.79 Å². The molecule has 2 aliphatic carbocycles. The molecular formula is C12H16O2. The second kappa shape index (κ2) is 3.08. The van der Waals surface area contributed by atoms with E-state index >= 15 is 0 Å². The minimum absolute atomic E-state index is 0.0255. The highest BCUT2D eigenvalue weighted by Crippen LogP contribution is 2.44. The number of fused-ring (bicyclic) bond motifs is 2. The van der Waals surface area contributed by atoms with Gasteiger partial charge in [-0.2, -0.15) is 0 Å². The van der Waals surface area contributed by atoms with Gasteiger partial charge in [0.15, 0.2) is 0 Å². The van der Waals surface area contributed by atoms with Gasteiger partial charge in [0.2, 0.25) is 0 Å². The van der Waals surface area contributed by atoms with Crippen molar-refractivity contribution in [2.45, 2.75) is 38.9 Å². The van der Waals surface area contributed by atoms with Crippen LogP contribution in [-0.4, -0.2) is 17.6 Å². The first-order chi connectivity index (χ1) is 6.51. The standard InChI is InChI=1S/C12H16O2/c1-12(2,3)14-11-9-5-4-8(6-9)10(11)7-13/h4-5,8-9,11H,6H2,1-3H3. The molecule has 3 unspecified atom stereocenters. The maximum atomic E-state index is 10.8. The first-order valence-electron chi connectivity index (χ1n) is 5.12. The Morgan fingerprint density at radius 3 is 2.71 bits per heavy atom. The van der Waals surface area contributed by atoms with E-state index in [1.54, 1.807) is 0 Å². The minimum Gasteiger partial charge on any atom is -0.367 e. The van der Waals surface area contributed by atoms with Crippen LogP contribution in [0.15, 0.2) is 17.7 Å². The molecule has 2 aliphatic rings. The molecule has 76 valence electrons. The predicted octanol–water partition coefficient (Wildman–Crippen LogP) is 2.13. The quantitative estimate of drug-likeness (QED) is 0.470. The number of ether oxygens (including phenoxy) is 1. The summed E-state index contributed by atoms with van der Waals surface area (Å²) >= 11 is 0. The molecule has 0 aromatic heterocycles. The van der Waals surface area contributed by atoms with E-state index in [1.807, 2.05) is 20.8 Å². The van der Waals surface area contributed by atoms with Gasteiger partial charge in [-0.3, -0.25) is 0 Å². The number of carbonyl (C=O) groups excluding carboxylic acids is 1. The fourth-order valence-electron chi connectivity index (χ4n) is 2.29. The van der Waals surface area contributed by atoms with Gasteiger partial charge in [0.05, 0.1) is 11.7 Å². The monoisotopic (exact) mass is 192 g/mol. The summed E-state index contributed by atoms with van der Waals surface area (Å²) in [6.07, 6.45) is 5.28. The van der Waals surface area contributed by atoms with E-state index in [2.05, 4.69) is 18.1 Å². The van der Waals surface area contributed by atoms with E-state index < -0.39 is 0 Å². The molecule has 0 aromatic rings. The maximum Gasteiger partial charge on any atom is 0.126 e. The van der Waals surface area contributed by atoms with Gasteiger partial charge in [0, 0.05) is 17.4 Å². The summed E-state index contributed by atoms with van der Waals surface area (Å²) in [5.74, 6) is 2.75. The first-order valence-corrected chi connectivity index (χ1v) is 5.12. The average molecular weight is 192 g/mol. The van der Waals surface area contributed by atoms with Crippen LogP contribution in [0, 0.1) is 11.8 Å². The molecule has 1 fully saturated rings. The van der Waals surface area contributed by atoms with Crippen molar-refractivity contribution in [1.82, 2.24) is 0 Å². The van der Waals surface area contributed by atoms with Crippen molar-refractivity contribution in [3.05, 3.63) is 17.7 Å². The zero-order valence-corrected chi connectivity index (χ0v) is 8.91. The number of hydrogen-bond donors (Lipinski definition) is 0. The molecule has 0 spiro atoms. The van der Waals surface area contributed by atoms with Crippen molar-refractivity contribution in [3.8, 4) is 0 Å². The Labute approximate surface area is 84.6 Å². The minimum atomic E-state index is -0.189. The molecule has 0 N–H and O–H groups in total. The molecule has 14 heavy (non-hydrogen) atoms. The molecule has 2 nitrogen and oxygen atoms in total. The highest BCUT2D eigenvalue weighted by molar-refractivity contribution is 5.59. The Bertz CT molecular complexity index is 316. The van der Waals surface area contributed by atoms with Crippen molar-refractivity contribution in [2.24, 2.45) is 11.8 Å². The lowest BCUT2D eigenvalue weighted by Crippen LogP contribution is -2.31. The average Bonchev–Trinajstić information content (AvgIpc) is 2.60. The summed E-state index contributed by atoms with van der Waals surface area (Å²) in [7, 11) is 0. The molecule has 2 rings (SSSR count). The summed E-state index contributed by atoms with van der Waals surface area (Å²) in [6.45, 7) is 6.06. The van der Waals surface area contributed by atoms with Gasteiger partial charge in [0.25, 0.3) is 0 Å². The predicted molar refractivity (Wildman–Crippen MR) is 54.6 cm³/mol. The number of hydrogen-bond acceptors (Lipinski definition) is 2. The molecule has 0 radical (unpaired) electrons. The second-order valence-corrected chi connectivity index (χ2v) is 5.10. The van der Waals surface area contributed by atoms with Crippen LogP contribution in [0.1, 0.15) is 27.2 Å². The van der Waals surface area contributed by atoms with Crippen molar-refractivity contribution >= 4 is 5.94 Å².